The third kappa shape index (κ3) is 3.32. The molecular formula is C12H7F13N2O. The lowest BCUT2D eigenvalue weighted by molar-refractivity contribution is -0.456. The second kappa shape index (κ2) is 6.37. The van der Waals surface area contributed by atoms with Crippen molar-refractivity contribution in [1.82, 2.24) is 0 Å². The summed E-state index contributed by atoms with van der Waals surface area (Å²) < 4.78 is 170. The number of alkyl halides is 13. The van der Waals surface area contributed by atoms with E-state index in [4.69, 9.17) is 11.5 Å². The van der Waals surface area contributed by atoms with Crippen molar-refractivity contribution in [2.75, 3.05) is 11.5 Å². The molecule has 0 radical (unpaired) electrons. The van der Waals surface area contributed by atoms with Crippen LogP contribution in [0.2, 0.25) is 0 Å². The number of halogens is 13. The summed E-state index contributed by atoms with van der Waals surface area (Å²) in [5.74, 6) is -32.7. The molecule has 162 valence electrons. The van der Waals surface area contributed by atoms with E-state index in [0.717, 1.165) is 0 Å². The van der Waals surface area contributed by atoms with Gasteiger partial charge in [0.25, 0.3) is 0 Å². The van der Waals surface area contributed by atoms with Gasteiger partial charge in [-0.05, 0) is 12.1 Å². The summed E-state index contributed by atoms with van der Waals surface area (Å²) in [6, 6.07) is 1.21. The molecule has 3 nitrogen and oxygen atoms in total. The molecule has 0 aliphatic carbocycles. The highest BCUT2D eigenvalue weighted by Gasteiger charge is 2.91. The number of hydrogen-bond donors (Lipinski definition) is 2. The Morgan fingerprint density at radius 3 is 1.39 bits per heavy atom. The van der Waals surface area contributed by atoms with Crippen molar-refractivity contribution >= 4 is 11.4 Å². The smallest absolute Gasteiger partial charge is 0.428 e. The molecule has 0 aliphatic rings. The Morgan fingerprint density at radius 1 is 0.571 bits per heavy atom. The zero-order valence-electron chi connectivity index (χ0n) is 12.7. The van der Waals surface area contributed by atoms with E-state index in [-0.39, 0.29) is 11.8 Å². The van der Waals surface area contributed by atoms with Crippen LogP contribution in [0.25, 0.3) is 0 Å². The number of rotatable bonds is 6. The van der Waals surface area contributed by atoms with Gasteiger partial charge in [-0.25, -0.2) is 0 Å². The van der Waals surface area contributed by atoms with Crippen LogP contribution in [-0.4, -0.2) is 36.0 Å². The third-order valence-electron chi connectivity index (χ3n) is 3.21. The van der Waals surface area contributed by atoms with Crippen LogP contribution in [0.15, 0.2) is 18.2 Å². The lowest BCUT2D eigenvalue weighted by Crippen LogP contribution is -2.70. The van der Waals surface area contributed by atoms with Gasteiger partial charge in [0, 0.05) is 6.07 Å². The number of hydrogen-bond acceptors (Lipinski definition) is 3. The van der Waals surface area contributed by atoms with Crippen LogP contribution in [0.5, 0.6) is 5.75 Å². The van der Waals surface area contributed by atoms with Crippen molar-refractivity contribution in [3.8, 4) is 5.75 Å². The second-order valence-corrected chi connectivity index (χ2v) is 5.20. The van der Waals surface area contributed by atoms with E-state index in [1.165, 1.54) is 0 Å². The lowest BCUT2D eigenvalue weighted by Gasteiger charge is -2.39. The quantitative estimate of drug-likeness (QED) is 0.486. The molecule has 16 heteroatoms. The van der Waals surface area contributed by atoms with Gasteiger partial charge < -0.3 is 16.2 Å². The maximum atomic E-state index is 13.4. The molecule has 0 saturated carbocycles. The van der Waals surface area contributed by atoms with Crippen LogP contribution in [0.1, 0.15) is 0 Å². The van der Waals surface area contributed by atoms with E-state index < -0.39 is 47.4 Å². The van der Waals surface area contributed by atoms with E-state index in [9.17, 15) is 57.1 Å². The summed E-state index contributed by atoms with van der Waals surface area (Å²) in [6.45, 7) is 0. The Balaban J connectivity index is 3.41. The van der Waals surface area contributed by atoms with Crippen LogP contribution in [0.3, 0.4) is 0 Å². The van der Waals surface area contributed by atoms with Gasteiger partial charge in [-0.2, -0.15) is 57.1 Å². The van der Waals surface area contributed by atoms with Crippen molar-refractivity contribution in [1.29, 1.82) is 0 Å². The number of nitrogen functional groups attached to an aromatic ring is 2. The first-order chi connectivity index (χ1) is 12.1. The average molecular weight is 442 g/mol. The molecule has 4 N–H and O–H groups in total. The SMILES string of the molecule is Nc1ccc(OC(F)(F)C(F)(F)C(F)(F)C(F)(F)C(F)(F)C(F)(F)F)cc1N. The monoisotopic (exact) mass is 442 g/mol. The predicted molar refractivity (Wildman–Crippen MR) is 66.7 cm³/mol. The molecule has 0 bridgehead atoms. The lowest BCUT2D eigenvalue weighted by atomic mass is 9.97. The van der Waals surface area contributed by atoms with Crippen molar-refractivity contribution in [2.45, 2.75) is 36.0 Å². The van der Waals surface area contributed by atoms with E-state index >= 15 is 0 Å². The molecule has 0 fully saturated rings. The molecule has 0 aromatic heterocycles. The minimum Gasteiger partial charge on any atom is -0.428 e. The Kier molecular flexibility index (Phi) is 5.40. The van der Waals surface area contributed by atoms with Gasteiger partial charge in [0.1, 0.15) is 5.75 Å². The average Bonchev–Trinajstić information content (AvgIpc) is 2.48. The Bertz CT molecular complexity index is 729. The van der Waals surface area contributed by atoms with Gasteiger partial charge in [-0.3, -0.25) is 0 Å². The highest BCUT2D eigenvalue weighted by atomic mass is 19.4. The summed E-state index contributed by atoms with van der Waals surface area (Å²) in [4.78, 5) is 0. The highest BCUT2D eigenvalue weighted by Crippen LogP contribution is 2.60. The van der Waals surface area contributed by atoms with E-state index in [2.05, 4.69) is 4.74 Å². The molecule has 0 heterocycles. The van der Waals surface area contributed by atoms with Crippen LogP contribution >= 0.6 is 0 Å². The maximum Gasteiger partial charge on any atom is 0.471 e. The summed E-state index contributed by atoms with van der Waals surface area (Å²) in [5, 5.41) is 0. The standard InChI is InChI=1S/C12H7F13N2O/c13-7(14,9(17,18)11(21,22)23)8(15,16)10(19,20)12(24,25)28-4-1-2-5(26)6(27)3-4/h1-3H,26-27H2. The summed E-state index contributed by atoms with van der Waals surface area (Å²) in [5.41, 5.74) is 9.24. The topological polar surface area (TPSA) is 61.3 Å². The van der Waals surface area contributed by atoms with Crippen molar-refractivity contribution in [3.63, 3.8) is 0 Å². The number of anilines is 2. The fourth-order valence-corrected chi connectivity index (χ4v) is 1.58. The molecule has 0 spiro atoms. The third-order valence-corrected chi connectivity index (χ3v) is 3.21. The van der Waals surface area contributed by atoms with Crippen molar-refractivity contribution < 1.29 is 61.8 Å². The molecule has 0 aliphatic heterocycles. The molecule has 0 saturated heterocycles. The maximum absolute atomic E-state index is 13.4. The predicted octanol–water partition coefficient (Wildman–Crippen LogP) is 4.93. The van der Waals surface area contributed by atoms with Crippen LogP contribution < -0.4 is 16.2 Å². The molecule has 0 unspecified atom stereocenters. The molecule has 0 amide bonds. The summed E-state index contributed by atoms with van der Waals surface area (Å²) in [6.07, 6.45) is -14.2. The van der Waals surface area contributed by atoms with Crippen molar-refractivity contribution in [2.24, 2.45) is 0 Å². The normalized spacial score (nSPS) is 14.9. The largest absolute Gasteiger partial charge is 0.471 e. The Labute approximate surface area is 146 Å². The number of ether oxygens (including phenoxy) is 1. The first-order valence-electron chi connectivity index (χ1n) is 6.43. The van der Waals surface area contributed by atoms with Gasteiger partial charge in [-0.1, -0.05) is 0 Å². The number of nitrogens with two attached hydrogens (primary N) is 2. The first-order valence-corrected chi connectivity index (χ1v) is 6.43. The zero-order chi connectivity index (χ0) is 22.6. The minimum atomic E-state index is -7.99. The highest BCUT2D eigenvalue weighted by molar-refractivity contribution is 5.65. The van der Waals surface area contributed by atoms with Gasteiger partial charge in [0.2, 0.25) is 0 Å². The molecule has 1 rings (SSSR count). The van der Waals surface area contributed by atoms with Crippen LogP contribution in [0, 0.1) is 0 Å². The van der Waals surface area contributed by atoms with Gasteiger partial charge in [0.05, 0.1) is 11.4 Å². The Morgan fingerprint density at radius 2 is 1.00 bits per heavy atom. The molecule has 1 aromatic carbocycles. The second-order valence-electron chi connectivity index (χ2n) is 5.20. The molecule has 1 aromatic rings. The molecular weight excluding hydrogens is 435 g/mol. The fourth-order valence-electron chi connectivity index (χ4n) is 1.58. The number of benzene rings is 1. The molecule has 0 atom stereocenters. The van der Waals surface area contributed by atoms with E-state index in [0.29, 0.717) is 12.1 Å². The van der Waals surface area contributed by atoms with Crippen LogP contribution in [0.4, 0.5) is 68.5 Å². The summed E-state index contributed by atoms with van der Waals surface area (Å²) >= 11 is 0. The summed E-state index contributed by atoms with van der Waals surface area (Å²) in [7, 11) is 0. The zero-order valence-corrected chi connectivity index (χ0v) is 12.7. The van der Waals surface area contributed by atoms with Crippen LogP contribution in [-0.2, 0) is 0 Å². The molecule has 28 heavy (non-hydrogen) atoms. The van der Waals surface area contributed by atoms with Gasteiger partial charge >= 0.3 is 36.0 Å². The van der Waals surface area contributed by atoms with E-state index in [1.54, 1.807) is 0 Å². The van der Waals surface area contributed by atoms with Gasteiger partial charge in [0.15, 0.2) is 0 Å². The fraction of sp³-hybridized carbons (Fsp3) is 0.500. The van der Waals surface area contributed by atoms with Gasteiger partial charge in [-0.15, -0.1) is 0 Å². The first kappa shape index (κ1) is 23.7. The Hall–Kier alpha value is -2.29. The van der Waals surface area contributed by atoms with E-state index in [1.807, 2.05) is 0 Å². The van der Waals surface area contributed by atoms with Crippen molar-refractivity contribution in [3.05, 3.63) is 18.2 Å². The minimum absolute atomic E-state index is 0.250.